The number of halogens is 2. The first kappa shape index (κ1) is 16.4. The minimum absolute atomic E-state index is 0.161. The molecule has 2 aromatic carbocycles. The first-order chi connectivity index (χ1) is 10.1. The fourth-order valence-corrected chi connectivity index (χ4v) is 3.25. The van der Waals surface area contributed by atoms with Crippen LogP contribution in [0.15, 0.2) is 51.8 Å². The SMILES string of the molecule is COc1ccc(Br)c(CC(=O)CSc2cccc(Cl)c2)c1. The average molecular weight is 386 g/mol. The summed E-state index contributed by atoms with van der Waals surface area (Å²) in [5.41, 5.74) is 0.936. The Kier molecular flexibility index (Phi) is 6.15. The van der Waals surface area contributed by atoms with Crippen LogP contribution in [0.3, 0.4) is 0 Å². The van der Waals surface area contributed by atoms with Gasteiger partial charge in [-0.15, -0.1) is 11.8 Å². The van der Waals surface area contributed by atoms with E-state index in [-0.39, 0.29) is 5.78 Å². The fraction of sp³-hybridized carbons (Fsp3) is 0.188. The van der Waals surface area contributed by atoms with Crippen LogP contribution in [0.2, 0.25) is 5.02 Å². The Labute approximate surface area is 142 Å². The molecule has 0 saturated carbocycles. The minimum Gasteiger partial charge on any atom is -0.497 e. The molecule has 2 nitrogen and oxygen atoms in total. The third-order valence-corrected chi connectivity index (χ3v) is 4.90. The molecule has 0 N–H and O–H groups in total. The smallest absolute Gasteiger partial charge is 0.147 e. The Morgan fingerprint density at radius 1 is 1.29 bits per heavy atom. The van der Waals surface area contributed by atoms with E-state index in [0.29, 0.717) is 17.2 Å². The van der Waals surface area contributed by atoms with Crippen molar-refractivity contribution in [1.29, 1.82) is 0 Å². The second-order valence-corrected chi connectivity index (χ2v) is 6.76. The molecule has 0 aliphatic heterocycles. The highest BCUT2D eigenvalue weighted by molar-refractivity contribution is 9.10. The molecule has 0 radical (unpaired) electrons. The Bertz CT molecular complexity index is 646. The summed E-state index contributed by atoms with van der Waals surface area (Å²) in [6.07, 6.45) is 0.380. The highest BCUT2D eigenvalue weighted by atomic mass is 79.9. The molecule has 0 spiro atoms. The van der Waals surface area contributed by atoms with Crippen molar-refractivity contribution in [2.45, 2.75) is 11.3 Å². The van der Waals surface area contributed by atoms with Crippen LogP contribution in [0.25, 0.3) is 0 Å². The molecule has 0 heterocycles. The number of benzene rings is 2. The summed E-state index contributed by atoms with van der Waals surface area (Å²) in [4.78, 5) is 13.1. The van der Waals surface area contributed by atoms with Gasteiger partial charge in [0.2, 0.25) is 0 Å². The van der Waals surface area contributed by atoms with Gasteiger partial charge in [0.05, 0.1) is 12.9 Å². The average Bonchev–Trinajstić information content (AvgIpc) is 2.47. The van der Waals surface area contributed by atoms with Crippen LogP contribution in [-0.2, 0) is 11.2 Å². The predicted molar refractivity (Wildman–Crippen MR) is 91.6 cm³/mol. The zero-order chi connectivity index (χ0) is 15.2. The van der Waals surface area contributed by atoms with E-state index in [9.17, 15) is 4.79 Å². The quantitative estimate of drug-likeness (QED) is 0.653. The zero-order valence-electron chi connectivity index (χ0n) is 11.4. The molecule has 0 atom stereocenters. The molecule has 2 rings (SSSR count). The lowest BCUT2D eigenvalue weighted by Crippen LogP contribution is -2.06. The van der Waals surface area contributed by atoms with Gasteiger partial charge in [0, 0.05) is 20.8 Å². The lowest BCUT2D eigenvalue weighted by Gasteiger charge is -2.07. The van der Waals surface area contributed by atoms with Crippen molar-refractivity contribution in [3.8, 4) is 5.75 Å². The molecular weight excluding hydrogens is 372 g/mol. The monoisotopic (exact) mass is 384 g/mol. The summed E-state index contributed by atoms with van der Waals surface area (Å²) in [7, 11) is 1.61. The first-order valence-electron chi connectivity index (χ1n) is 6.31. The molecule has 0 unspecified atom stereocenters. The Morgan fingerprint density at radius 3 is 2.81 bits per heavy atom. The summed E-state index contributed by atoms with van der Waals surface area (Å²) < 4.78 is 6.10. The van der Waals surface area contributed by atoms with Gasteiger partial charge in [-0.05, 0) is 42.0 Å². The predicted octanol–water partition coefficient (Wildman–Crippen LogP) is 5.02. The third kappa shape index (κ3) is 5.06. The number of ether oxygens (including phenoxy) is 1. The maximum Gasteiger partial charge on any atom is 0.147 e. The van der Waals surface area contributed by atoms with Crippen molar-refractivity contribution in [1.82, 2.24) is 0 Å². The van der Waals surface area contributed by atoms with Crippen molar-refractivity contribution < 1.29 is 9.53 Å². The van der Waals surface area contributed by atoms with Gasteiger partial charge in [-0.3, -0.25) is 4.79 Å². The lowest BCUT2D eigenvalue weighted by molar-refractivity contribution is -0.116. The van der Waals surface area contributed by atoms with E-state index in [1.165, 1.54) is 11.8 Å². The molecule has 0 aliphatic carbocycles. The van der Waals surface area contributed by atoms with Crippen LogP contribution in [0.5, 0.6) is 5.75 Å². The van der Waals surface area contributed by atoms with E-state index in [0.717, 1.165) is 20.7 Å². The molecule has 0 fully saturated rings. The maximum atomic E-state index is 12.1. The van der Waals surface area contributed by atoms with Crippen LogP contribution in [0, 0.1) is 0 Å². The van der Waals surface area contributed by atoms with Crippen LogP contribution in [0.1, 0.15) is 5.56 Å². The van der Waals surface area contributed by atoms with Crippen molar-refractivity contribution in [2.75, 3.05) is 12.9 Å². The number of Topliss-reactive ketones (excluding diaryl/α,β-unsaturated/α-hetero) is 1. The van der Waals surface area contributed by atoms with Crippen molar-refractivity contribution in [3.05, 3.63) is 57.5 Å². The molecule has 0 aromatic heterocycles. The Balaban J connectivity index is 1.96. The molecule has 2 aromatic rings. The van der Waals surface area contributed by atoms with Gasteiger partial charge in [-0.2, -0.15) is 0 Å². The molecule has 110 valence electrons. The summed E-state index contributed by atoms with van der Waals surface area (Å²) in [5, 5.41) is 0.683. The van der Waals surface area contributed by atoms with E-state index in [2.05, 4.69) is 15.9 Å². The van der Waals surface area contributed by atoms with Crippen molar-refractivity contribution in [2.24, 2.45) is 0 Å². The van der Waals surface area contributed by atoms with Crippen LogP contribution in [0.4, 0.5) is 0 Å². The number of carbonyl (C=O) groups excluding carboxylic acids is 1. The van der Waals surface area contributed by atoms with Gasteiger partial charge < -0.3 is 4.74 Å². The standard InChI is InChI=1S/C16H14BrClO2S/c1-20-14-5-6-16(17)11(8-14)7-13(19)10-21-15-4-2-3-12(18)9-15/h2-6,8-9H,7,10H2,1H3. The highest BCUT2D eigenvalue weighted by Gasteiger charge is 2.09. The van der Waals surface area contributed by atoms with Gasteiger partial charge in [-0.1, -0.05) is 33.6 Å². The van der Waals surface area contributed by atoms with Gasteiger partial charge in [-0.25, -0.2) is 0 Å². The summed E-state index contributed by atoms with van der Waals surface area (Å²) in [6, 6.07) is 13.2. The van der Waals surface area contributed by atoms with E-state index in [1.807, 2.05) is 42.5 Å². The lowest BCUT2D eigenvalue weighted by atomic mass is 10.1. The van der Waals surface area contributed by atoms with E-state index in [1.54, 1.807) is 7.11 Å². The number of methoxy groups -OCH3 is 1. The Morgan fingerprint density at radius 2 is 2.10 bits per heavy atom. The number of hydrogen-bond acceptors (Lipinski definition) is 3. The molecule has 0 saturated heterocycles. The van der Waals surface area contributed by atoms with E-state index < -0.39 is 0 Å². The normalized spacial score (nSPS) is 10.4. The molecule has 0 aliphatic rings. The van der Waals surface area contributed by atoms with Crippen molar-refractivity contribution in [3.63, 3.8) is 0 Å². The largest absolute Gasteiger partial charge is 0.497 e. The Hall–Kier alpha value is -0.970. The number of rotatable bonds is 6. The van der Waals surface area contributed by atoms with Crippen LogP contribution < -0.4 is 4.74 Å². The van der Waals surface area contributed by atoms with Crippen LogP contribution in [-0.4, -0.2) is 18.6 Å². The van der Waals surface area contributed by atoms with Gasteiger partial charge in [0.15, 0.2) is 0 Å². The maximum absolute atomic E-state index is 12.1. The topological polar surface area (TPSA) is 26.3 Å². The zero-order valence-corrected chi connectivity index (χ0v) is 14.6. The van der Waals surface area contributed by atoms with Gasteiger partial charge in [0.1, 0.15) is 11.5 Å². The molecule has 0 bridgehead atoms. The first-order valence-corrected chi connectivity index (χ1v) is 8.46. The number of ketones is 1. The van der Waals surface area contributed by atoms with Crippen molar-refractivity contribution >= 4 is 45.1 Å². The summed E-state index contributed by atoms with van der Waals surface area (Å²) in [5.74, 6) is 1.33. The fourth-order valence-electron chi connectivity index (χ4n) is 1.80. The number of thioether (sulfide) groups is 1. The highest BCUT2D eigenvalue weighted by Crippen LogP contribution is 2.25. The molecular formula is C16H14BrClO2S. The van der Waals surface area contributed by atoms with E-state index >= 15 is 0 Å². The third-order valence-electron chi connectivity index (χ3n) is 2.84. The van der Waals surface area contributed by atoms with Gasteiger partial charge in [0.25, 0.3) is 0 Å². The minimum atomic E-state index is 0.161. The number of carbonyl (C=O) groups is 1. The summed E-state index contributed by atoms with van der Waals surface area (Å²) >= 11 is 10.9. The van der Waals surface area contributed by atoms with Gasteiger partial charge >= 0.3 is 0 Å². The van der Waals surface area contributed by atoms with Crippen LogP contribution >= 0.6 is 39.3 Å². The van der Waals surface area contributed by atoms with E-state index in [4.69, 9.17) is 16.3 Å². The molecule has 5 heteroatoms. The molecule has 0 amide bonds. The summed E-state index contributed by atoms with van der Waals surface area (Å²) in [6.45, 7) is 0. The molecule has 21 heavy (non-hydrogen) atoms. The number of hydrogen-bond donors (Lipinski definition) is 0. The second-order valence-electron chi connectivity index (χ2n) is 4.42. The second kappa shape index (κ2) is 7.87.